The zero-order valence-corrected chi connectivity index (χ0v) is 10.3. The van der Waals surface area contributed by atoms with E-state index in [1.165, 1.54) is 17.8 Å². The predicted molar refractivity (Wildman–Crippen MR) is 63.5 cm³/mol. The molecule has 88 valence electrons. The fourth-order valence-corrected chi connectivity index (χ4v) is 3.17. The Hall–Kier alpha value is -1.01. The van der Waals surface area contributed by atoms with Crippen molar-refractivity contribution in [2.24, 2.45) is 0 Å². The van der Waals surface area contributed by atoms with E-state index in [4.69, 9.17) is 10.2 Å². The van der Waals surface area contributed by atoms with Crippen LogP contribution in [0.2, 0.25) is 0 Å². The smallest absolute Gasteiger partial charge is 0.345 e. The first-order valence-electron chi connectivity index (χ1n) is 4.76. The zero-order valence-electron chi connectivity index (χ0n) is 8.67. The largest absolute Gasteiger partial charge is 0.480 e. The Morgan fingerprint density at radius 1 is 1.50 bits per heavy atom. The van der Waals surface area contributed by atoms with Crippen LogP contribution in [-0.4, -0.2) is 27.4 Å². The van der Waals surface area contributed by atoms with Gasteiger partial charge in [-0.3, -0.25) is 4.79 Å². The molecule has 0 fully saturated rings. The highest BCUT2D eigenvalue weighted by molar-refractivity contribution is 8.00. The summed E-state index contributed by atoms with van der Waals surface area (Å²) in [6, 6.07) is 1.52. The van der Waals surface area contributed by atoms with Crippen LogP contribution in [-0.2, 0) is 4.79 Å². The lowest BCUT2D eigenvalue weighted by molar-refractivity contribution is -0.136. The van der Waals surface area contributed by atoms with E-state index in [0.29, 0.717) is 11.3 Å². The summed E-state index contributed by atoms with van der Waals surface area (Å²) in [5.41, 5.74) is 0. The van der Waals surface area contributed by atoms with Gasteiger partial charge in [-0.25, -0.2) is 4.79 Å². The fraction of sp³-hybridized carbons (Fsp3) is 0.400. The molecular formula is C10H12O4S2. The predicted octanol–water partition coefficient (Wildman–Crippen LogP) is 2.79. The lowest BCUT2D eigenvalue weighted by Gasteiger charge is -2.08. The third kappa shape index (κ3) is 3.53. The van der Waals surface area contributed by atoms with Gasteiger partial charge in [0.25, 0.3) is 0 Å². The molecule has 1 atom stereocenters. The molecule has 16 heavy (non-hydrogen) atoms. The van der Waals surface area contributed by atoms with E-state index in [2.05, 4.69) is 0 Å². The summed E-state index contributed by atoms with van der Waals surface area (Å²) in [4.78, 5) is 22.5. The SMILES string of the molecule is CCCC(Sc1csc(C(=O)O)c1)C(=O)O. The third-order valence-corrected chi connectivity index (χ3v) is 4.19. The summed E-state index contributed by atoms with van der Waals surface area (Å²) in [5, 5.41) is 18.9. The van der Waals surface area contributed by atoms with Crippen LogP contribution < -0.4 is 0 Å². The van der Waals surface area contributed by atoms with Gasteiger partial charge in [0.05, 0.1) is 0 Å². The van der Waals surface area contributed by atoms with Crippen molar-refractivity contribution >= 4 is 35.0 Å². The fourth-order valence-electron chi connectivity index (χ4n) is 1.15. The van der Waals surface area contributed by atoms with Crippen LogP contribution >= 0.6 is 23.1 Å². The lowest BCUT2D eigenvalue weighted by Crippen LogP contribution is -2.15. The van der Waals surface area contributed by atoms with Gasteiger partial charge in [-0.05, 0) is 12.5 Å². The summed E-state index contributed by atoms with van der Waals surface area (Å²) in [7, 11) is 0. The number of carboxylic acids is 2. The summed E-state index contributed by atoms with van der Waals surface area (Å²) in [6.45, 7) is 1.92. The van der Waals surface area contributed by atoms with Crippen LogP contribution in [0.3, 0.4) is 0 Å². The van der Waals surface area contributed by atoms with Crippen molar-refractivity contribution < 1.29 is 19.8 Å². The Kier molecular flexibility index (Phi) is 4.82. The number of carbonyl (C=O) groups is 2. The Labute approximate surface area is 101 Å². The molecule has 0 aliphatic carbocycles. The van der Waals surface area contributed by atoms with E-state index in [9.17, 15) is 9.59 Å². The Morgan fingerprint density at radius 2 is 2.19 bits per heavy atom. The maximum atomic E-state index is 10.9. The molecular weight excluding hydrogens is 248 g/mol. The molecule has 1 unspecified atom stereocenters. The van der Waals surface area contributed by atoms with E-state index in [0.717, 1.165) is 17.8 Å². The molecule has 1 aromatic rings. The second-order valence-corrected chi connectivity index (χ2v) is 5.37. The van der Waals surface area contributed by atoms with Gasteiger partial charge in [0.15, 0.2) is 0 Å². The molecule has 2 N–H and O–H groups in total. The first-order valence-corrected chi connectivity index (χ1v) is 6.51. The van der Waals surface area contributed by atoms with Crippen molar-refractivity contribution in [2.75, 3.05) is 0 Å². The third-order valence-electron chi connectivity index (χ3n) is 1.89. The van der Waals surface area contributed by atoms with Crippen LogP contribution in [0.4, 0.5) is 0 Å². The number of hydrogen-bond donors (Lipinski definition) is 2. The number of thioether (sulfide) groups is 1. The van der Waals surface area contributed by atoms with Gasteiger partial charge < -0.3 is 10.2 Å². The van der Waals surface area contributed by atoms with Crippen molar-refractivity contribution in [1.82, 2.24) is 0 Å². The van der Waals surface area contributed by atoms with Gasteiger partial charge in [0.2, 0.25) is 0 Å². The van der Waals surface area contributed by atoms with E-state index < -0.39 is 17.2 Å². The molecule has 0 amide bonds. The van der Waals surface area contributed by atoms with E-state index in [1.54, 1.807) is 5.38 Å². The summed E-state index contributed by atoms with van der Waals surface area (Å²) in [5.74, 6) is -1.82. The highest BCUT2D eigenvalue weighted by Crippen LogP contribution is 2.30. The minimum Gasteiger partial charge on any atom is -0.480 e. The second kappa shape index (κ2) is 5.91. The van der Waals surface area contributed by atoms with Gasteiger partial charge in [0, 0.05) is 10.3 Å². The second-order valence-electron chi connectivity index (χ2n) is 3.19. The maximum absolute atomic E-state index is 10.9. The molecule has 0 spiro atoms. The molecule has 0 saturated carbocycles. The van der Waals surface area contributed by atoms with Gasteiger partial charge >= 0.3 is 11.9 Å². The van der Waals surface area contributed by atoms with Crippen LogP contribution in [0.15, 0.2) is 16.3 Å². The molecule has 1 rings (SSSR count). The van der Waals surface area contributed by atoms with Gasteiger partial charge in [-0.15, -0.1) is 23.1 Å². The average molecular weight is 260 g/mol. The zero-order chi connectivity index (χ0) is 12.1. The Bertz CT molecular complexity index is 386. The first-order chi connectivity index (χ1) is 7.54. The highest BCUT2D eigenvalue weighted by Gasteiger charge is 2.19. The van der Waals surface area contributed by atoms with Crippen LogP contribution in [0, 0.1) is 0 Å². The molecule has 0 aromatic carbocycles. The topological polar surface area (TPSA) is 74.6 Å². The van der Waals surface area contributed by atoms with E-state index in [1.807, 2.05) is 6.92 Å². The monoisotopic (exact) mass is 260 g/mol. The normalized spacial score (nSPS) is 12.3. The van der Waals surface area contributed by atoms with Crippen molar-refractivity contribution in [3.8, 4) is 0 Å². The van der Waals surface area contributed by atoms with Crippen molar-refractivity contribution in [2.45, 2.75) is 29.9 Å². The molecule has 0 saturated heterocycles. The van der Waals surface area contributed by atoms with Gasteiger partial charge in [0.1, 0.15) is 10.1 Å². The standard InChI is InChI=1S/C10H12O4S2/c1-2-3-7(9(11)12)16-6-4-8(10(13)14)15-5-6/h4-5,7H,2-3H2,1H3,(H,11,12)(H,13,14). The number of carboxylic acid groups (broad SMARTS) is 2. The first kappa shape index (κ1) is 13.1. The average Bonchev–Trinajstić information content (AvgIpc) is 2.65. The van der Waals surface area contributed by atoms with E-state index in [-0.39, 0.29) is 4.88 Å². The minimum atomic E-state index is -0.973. The molecule has 4 nitrogen and oxygen atoms in total. The number of hydrogen-bond acceptors (Lipinski definition) is 4. The Balaban J connectivity index is 2.69. The lowest BCUT2D eigenvalue weighted by atomic mass is 10.2. The van der Waals surface area contributed by atoms with Crippen molar-refractivity contribution in [3.63, 3.8) is 0 Å². The van der Waals surface area contributed by atoms with Crippen molar-refractivity contribution in [3.05, 3.63) is 16.3 Å². The van der Waals surface area contributed by atoms with Crippen LogP contribution in [0.5, 0.6) is 0 Å². The number of aromatic carboxylic acids is 1. The summed E-state index contributed by atoms with van der Waals surface area (Å²) < 4.78 is 0. The molecule has 0 bridgehead atoms. The van der Waals surface area contributed by atoms with E-state index >= 15 is 0 Å². The van der Waals surface area contributed by atoms with Crippen LogP contribution in [0.25, 0.3) is 0 Å². The Morgan fingerprint density at radius 3 is 2.62 bits per heavy atom. The summed E-state index contributed by atoms with van der Waals surface area (Å²) in [6.07, 6.45) is 1.37. The van der Waals surface area contributed by atoms with Gasteiger partial charge in [-0.2, -0.15) is 0 Å². The maximum Gasteiger partial charge on any atom is 0.345 e. The molecule has 1 aromatic heterocycles. The molecule has 0 aliphatic rings. The summed E-state index contributed by atoms with van der Waals surface area (Å²) >= 11 is 2.32. The number of rotatable bonds is 6. The van der Waals surface area contributed by atoms with Crippen molar-refractivity contribution in [1.29, 1.82) is 0 Å². The highest BCUT2D eigenvalue weighted by atomic mass is 32.2. The van der Waals surface area contributed by atoms with Crippen LogP contribution in [0.1, 0.15) is 29.4 Å². The molecule has 1 heterocycles. The number of thiophene rings is 1. The molecule has 6 heteroatoms. The van der Waals surface area contributed by atoms with Gasteiger partial charge in [-0.1, -0.05) is 13.3 Å². The minimum absolute atomic E-state index is 0.239. The molecule has 0 aliphatic heterocycles. The number of aliphatic carboxylic acids is 1. The quantitative estimate of drug-likeness (QED) is 0.769. The molecule has 0 radical (unpaired) electrons.